The van der Waals surface area contributed by atoms with E-state index in [-0.39, 0.29) is 5.75 Å². The van der Waals surface area contributed by atoms with E-state index in [1.165, 1.54) is 6.20 Å². The summed E-state index contributed by atoms with van der Waals surface area (Å²) >= 11 is 0. The van der Waals surface area contributed by atoms with Crippen LogP contribution < -0.4 is 10.2 Å². The number of nitriles is 1. The first-order valence-corrected chi connectivity index (χ1v) is 8.26. The molecule has 1 aromatic heterocycles. The fraction of sp³-hybridized carbons (Fsp3) is 0.316. The normalized spacial score (nSPS) is 13.3. The maximum Gasteiger partial charge on any atom is 0.134 e. The highest BCUT2D eigenvalue weighted by molar-refractivity contribution is 5.50. The first kappa shape index (κ1) is 18.4. The fourth-order valence-electron chi connectivity index (χ4n) is 2.43. The maximum atomic E-state index is 10.0. The minimum absolute atomic E-state index is 0.221. The van der Waals surface area contributed by atoms with Gasteiger partial charge < -0.3 is 20.1 Å². The van der Waals surface area contributed by atoms with Gasteiger partial charge in [0.25, 0.3) is 0 Å². The fourth-order valence-corrected chi connectivity index (χ4v) is 2.43. The summed E-state index contributed by atoms with van der Waals surface area (Å²) in [5.41, 5.74) is 1.76. The van der Waals surface area contributed by atoms with Crippen LogP contribution in [-0.2, 0) is 11.2 Å². The lowest BCUT2D eigenvalue weighted by Crippen LogP contribution is -2.43. The molecule has 25 heavy (non-hydrogen) atoms. The van der Waals surface area contributed by atoms with Crippen molar-refractivity contribution in [2.45, 2.75) is 12.8 Å². The highest BCUT2D eigenvalue weighted by atomic mass is 16.3. The summed E-state index contributed by atoms with van der Waals surface area (Å²) < 4.78 is 0. The second-order valence-corrected chi connectivity index (χ2v) is 5.63. The molecular formula is C19H22N4O2. The van der Waals surface area contributed by atoms with E-state index >= 15 is 0 Å². The Morgan fingerprint density at radius 3 is 2.48 bits per heavy atom. The van der Waals surface area contributed by atoms with Gasteiger partial charge >= 0.3 is 0 Å². The van der Waals surface area contributed by atoms with Gasteiger partial charge in [-0.05, 0) is 36.2 Å². The van der Waals surface area contributed by atoms with Crippen LogP contribution in [0.15, 0.2) is 42.6 Å². The number of nitrogens with zero attached hydrogens (tertiary/aromatic N) is 3. The highest BCUT2D eigenvalue weighted by Gasteiger charge is 2.10. The molecule has 0 spiro atoms. The predicted octanol–water partition coefficient (Wildman–Crippen LogP) is 1.89. The third-order valence-corrected chi connectivity index (χ3v) is 3.81. The van der Waals surface area contributed by atoms with Crippen molar-refractivity contribution in [2.24, 2.45) is 0 Å². The Hall–Kier alpha value is -2.91. The first-order chi connectivity index (χ1) is 12.2. The zero-order valence-corrected chi connectivity index (χ0v) is 14.1. The van der Waals surface area contributed by atoms with Crippen molar-refractivity contribution in [1.29, 1.82) is 5.26 Å². The number of aromatic nitrogens is 1. The van der Waals surface area contributed by atoms with Gasteiger partial charge in [-0.15, -0.1) is 0 Å². The second-order valence-electron chi connectivity index (χ2n) is 5.63. The predicted molar refractivity (Wildman–Crippen MR) is 96.5 cm³/mol. The SMILES string of the molecule is N#Cc1ccc(CCC=O)cc1.Oc1ccc(N2CCNCC2)nc1. The van der Waals surface area contributed by atoms with Crippen LogP contribution >= 0.6 is 0 Å². The topological polar surface area (TPSA) is 89.2 Å². The lowest BCUT2D eigenvalue weighted by atomic mass is 10.1. The quantitative estimate of drug-likeness (QED) is 0.828. The Bertz CT molecular complexity index is 687. The summed E-state index contributed by atoms with van der Waals surface area (Å²) in [6.45, 7) is 3.97. The summed E-state index contributed by atoms with van der Waals surface area (Å²) in [6.07, 6.45) is 3.69. The monoisotopic (exact) mass is 338 g/mol. The van der Waals surface area contributed by atoms with Crippen molar-refractivity contribution in [3.8, 4) is 11.8 Å². The van der Waals surface area contributed by atoms with Crippen LogP contribution in [0.1, 0.15) is 17.5 Å². The number of hydrogen-bond donors (Lipinski definition) is 2. The van der Waals surface area contributed by atoms with Gasteiger partial charge in [-0.1, -0.05) is 12.1 Å². The zero-order valence-electron chi connectivity index (χ0n) is 14.1. The molecule has 1 aliphatic heterocycles. The van der Waals surface area contributed by atoms with Gasteiger partial charge in [0.1, 0.15) is 17.9 Å². The van der Waals surface area contributed by atoms with Crippen molar-refractivity contribution in [2.75, 3.05) is 31.1 Å². The molecule has 0 atom stereocenters. The molecule has 0 amide bonds. The van der Waals surface area contributed by atoms with Crippen molar-refractivity contribution in [3.63, 3.8) is 0 Å². The molecule has 1 saturated heterocycles. The third-order valence-electron chi connectivity index (χ3n) is 3.81. The summed E-state index contributed by atoms with van der Waals surface area (Å²) in [4.78, 5) is 16.4. The molecule has 0 bridgehead atoms. The molecule has 2 N–H and O–H groups in total. The van der Waals surface area contributed by atoms with Crippen LogP contribution in [0, 0.1) is 11.3 Å². The number of hydrogen-bond acceptors (Lipinski definition) is 6. The molecule has 0 unspecified atom stereocenters. The summed E-state index contributed by atoms with van der Waals surface area (Å²) in [6, 6.07) is 12.8. The Morgan fingerprint density at radius 2 is 1.92 bits per heavy atom. The summed E-state index contributed by atoms with van der Waals surface area (Å²) in [5, 5.41) is 20.8. The van der Waals surface area contributed by atoms with Gasteiger partial charge in [0.2, 0.25) is 0 Å². The van der Waals surface area contributed by atoms with Crippen LogP contribution in [0.25, 0.3) is 0 Å². The van der Waals surface area contributed by atoms with Gasteiger partial charge in [0.05, 0.1) is 17.8 Å². The Balaban J connectivity index is 0.000000181. The van der Waals surface area contributed by atoms with Crippen LogP contribution in [0.2, 0.25) is 0 Å². The molecule has 130 valence electrons. The lowest BCUT2D eigenvalue weighted by Gasteiger charge is -2.28. The molecule has 6 nitrogen and oxygen atoms in total. The third kappa shape index (κ3) is 6.24. The standard InChI is InChI=1S/C10H9NO.C9H13N3O/c11-8-10-5-3-9(4-6-10)2-1-7-12;13-8-1-2-9(11-7-8)12-5-3-10-4-6-12/h3-7H,1-2H2;1-2,7,10,13H,3-6H2. The zero-order chi connectivity index (χ0) is 17.9. The largest absolute Gasteiger partial charge is 0.506 e. The average molecular weight is 338 g/mol. The number of aryl methyl sites for hydroxylation is 1. The van der Waals surface area contributed by atoms with Crippen molar-refractivity contribution < 1.29 is 9.90 Å². The summed E-state index contributed by atoms with van der Waals surface area (Å²) in [7, 11) is 0. The van der Waals surface area contributed by atoms with E-state index in [0.717, 1.165) is 50.3 Å². The van der Waals surface area contributed by atoms with E-state index < -0.39 is 0 Å². The number of nitrogens with one attached hydrogen (secondary N) is 1. The van der Waals surface area contributed by atoms with Crippen LogP contribution in [0.3, 0.4) is 0 Å². The number of anilines is 1. The molecule has 3 rings (SSSR count). The number of piperazine rings is 1. The second kappa shape index (κ2) is 10.1. The van der Waals surface area contributed by atoms with Crippen LogP contribution in [0.5, 0.6) is 5.75 Å². The van der Waals surface area contributed by atoms with Gasteiger partial charge in [0.15, 0.2) is 0 Å². The molecule has 1 fully saturated rings. The highest BCUT2D eigenvalue weighted by Crippen LogP contribution is 2.14. The number of carbonyl (C=O) groups is 1. The molecule has 0 aliphatic carbocycles. The Labute approximate surface area is 147 Å². The summed E-state index contributed by atoms with van der Waals surface area (Å²) in [5.74, 6) is 1.16. The van der Waals surface area contributed by atoms with Crippen molar-refractivity contribution in [1.82, 2.24) is 10.3 Å². The lowest BCUT2D eigenvalue weighted by molar-refractivity contribution is -0.107. The van der Waals surface area contributed by atoms with Crippen molar-refractivity contribution >= 4 is 12.1 Å². The first-order valence-electron chi connectivity index (χ1n) is 8.26. The smallest absolute Gasteiger partial charge is 0.134 e. The molecule has 0 radical (unpaired) electrons. The van der Waals surface area contributed by atoms with E-state index in [4.69, 9.17) is 10.4 Å². The van der Waals surface area contributed by atoms with Crippen molar-refractivity contribution in [3.05, 3.63) is 53.7 Å². The molecule has 1 aromatic carbocycles. The molecule has 0 saturated carbocycles. The van der Waals surface area contributed by atoms with Gasteiger partial charge in [-0.25, -0.2) is 4.98 Å². The Kier molecular flexibility index (Phi) is 7.41. The maximum absolute atomic E-state index is 10.0. The molecular weight excluding hydrogens is 316 g/mol. The molecule has 2 heterocycles. The minimum atomic E-state index is 0.221. The molecule has 2 aromatic rings. The number of aldehydes is 1. The molecule has 6 heteroatoms. The van der Waals surface area contributed by atoms with E-state index in [2.05, 4.69) is 15.2 Å². The number of aromatic hydroxyl groups is 1. The number of pyridine rings is 1. The molecule has 1 aliphatic rings. The number of carbonyl (C=O) groups excluding carboxylic acids is 1. The van der Waals surface area contributed by atoms with Crippen LogP contribution in [-0.4, -0.2) is 42.6 Å². The number of rotatable bonds is 4. The average Bonchev–Trinajstić information content (AvgIpc) is 2.68. The minimum Gasteiger partial charge on any atom is -0.506 e. The van der Waals surface area contributed by atoms with Gasteiger partial charge in [-0.2, -0.15) is 5.26 Å². The Morgan fingerprint density at radius 1 is 1.20 bits per heavy atom. The van der Waals surface area contributed by atoms with E-state index in [0.29, 0.717) is 12.0 Å². The van der Waals surface area contributed by atoms with Gasteiger partial charge in [0, 0.05) is 32.6 Å². The number of benzene rings is 1. The van der Waals surface area contributed by atoms with E-state index in [1.807, 2.05) is 24.3 Å². The van der Waals surface area contributed by atoms with Crippen LogP contribution in [0.4, 0.5) is 5.82 Å². The van der Waals surface area contributed by atoms with Gasteiger partial charge in [-0.3, -0.25) is 0 Å². The van der Waals surface area contributed by atoms with E-state index in [9.17, 15) is 4.79 Å². The van der Waals surface area contributed by atoms with E-state index in [1.54, 1.807) is 18.2 Å².